The molecule has 1 amide bonds. The van der Waals surface area contributed by atoms with E-state index in [0.717, 1.165) is 31.4 Å². The Balaban J connectivity index is 2.52. The monoisotopic (exact) mass is 259 g/mol. The highest BCUT2D eigenvalue weighted by Crippen LogP contribution is 2.15. The highest BCUT2D eigenvalue weighted by Gasteiger charge is 2.15. The van der Waals surface area contributed by atoms with Gasteiger partial charge in [0, 0.05) is 12.1 Å². The minimum atomic E-state index is -1.54. The lowest BCUT2D eigenvalue weighted by Gasteiger charge is -2.06. The zero-order valence-corrected chi connectivity index (χ0v) is 10.2. The summed E-state index contributed by atoms with van der Waals surface area (Å²) >= 11 is 0. The molecule has 1 aromatic rings. The van der Waals surface area contributed by atoms with E-state index in [1.54, 1.807) is 0 Å². The Morgan fingerprint density at radius 2 is 1.89 bits per heavy atom. The first kappa shape index (κ1) is 14.5. The van der Waals surface area contributed by atoms with E-state index in [0.29, 0.717) is 6.54 Å². The molecule has 0 aliphatic rings. The number of halogens is 3. The van der Waals surface area contributed by atoms with Crippen LogP contribution >= 0.6 is 0 Å². The lowest BCUT2D eigenvalue weighted by Crippen LogP contribution is -2.26. The second-order valence-electron chi connectivity index (χ2n) is 4.07. The minimum absolute atomic E-state index is 0.137. The average Bonchev–Trinajstić information content (AvgIpc) is 2.35. The summed E-state index contributed by atoms with van der Waals surface area (Å²) in [5.74, 6) is -4.47. The summed E-state index contributed by atoms with van der Waals surface area (Å²) in [4.78, 5) is 11.4. The molecule has 1 aromatic carbocycles. The fraction of sp³-hybridized carbons (Fsp3) is 0.462. The van der Waals surface area contributed by atoms with Gasteiger partial charge in [-0.25, -0.2) is 13.2 Å². The molecule has 0 aromatic heterocycles. The number of hydrogen-bond donors (Lipinski definition) is 1. The topological polar surface area (TPSA) is 29.1 Å². The van der Waals surface area contributed by atoms with Crippen molar-refractivity contribution in [3.63, 3.8) is 0 Å². The molecule has 2 nitrogen and oxygen atoms in total. The van der Waals surface area contributed by atoms with E-state index in [-0.39, 0.29) is 12.0 Å². The Labute approximate surface area is 104 Å². The van der Waals surface area contributed by atoms with E-state index in [2.05, 4.69) is 5.32 Å². The highest BCUT2D eigenvalue weighted by atomic mass is 19.2. The first-order valence-electron chi connectivity index (χ1n) is 5.95. The third-order valence-electron chi connectivity index (χ3n) is 2.57. The van der Waals surface area contributed by atoms with Crippen LogP contribution in [0.25, 0.3) is 0 Å². The van der Waals surface area contributed by atoms with Crippen molar-refractivity contribution >= 4 is 5.91 Å². The molecule has 5 heteroatoms. The number of carbonyl (C=O) groups is 1. The molecule has 0 bridgehead atoms. The number of benzene rings is 1. The van der Waals surface area contributed by atoms with Crippen LogP contribution in [0.3, 0.4) is 0 Å². The second-order valence-corrected chi connectivity index (χ2v) is 4.07. The van der Waals surface area contributed by atoms with Gasteiger partial charge in [0.15, 0.2) is 17.5 Å². The molecule has 18 heavy (non-hydrogen) atoms. The summed E-state index contributed by atoms with van der Waals surface area (Å²) < 4.78 is 38.9. The molecule has 0 fully saturated rings. The Hall–Kier alpha value is -1.52. The molecule has 0 aliphatic carbocycles. The van der Waals surface area contributed by atoms with Gasteiger partial charge >= 0.3 is 0 Å². The highest BCUT2D eigenvalue weighted by molar-refractivity contribution is 5.78. The maximum atomic E-state index is 13.3. The lowest BCUT2D eigenvalue weighted by molar-refractivity contribution is -0.120. The van der Waals surface area contributed by atoms with E-state index in [9.17, 15) is 18.0 Å². The van der Waals surface area contributed by atoms with Gasteiger partial charge in [-0.1, -0.05) is 25.8 Å². The van der Waals surface area contributed by atoms with Crippen LogP contribution in [0.1, 0.15) is 31.7 Å². The van der Waals surface area contributed by atoms with Gasteiger partial charge in [0.2, 0.25) is 5.91 Å². The number of nitrogens with one attached hydrogen (secondary N) is 1. The van der Waals surface area contributed by atoms with E-state index in [1.165, 1.54) is 0 Å². The predicted octanol–water partition coefficient (Wildman–Crippen LogP) is 2.95. The van der Waals surface area contributed by atoms with Crippen LogP contribution < -0.4 is 5.32 Å². The summed E-state index contributed by atoms with van der Waals surface area (Å²) in [6.07, 6.45) is 2.60. The van der Waals surface area contributed by atoms with Crippen molar-refractivity contribution in [1.82, 2.24) is 5.32 Å². The molecule has 0 radical (unpaired) electrons. The van der Waals surface area contributed by atoms with E-state index < -0.39 is 23.4 Å². The van der Waals surface area contributed by atoms with Crippen LogP contribution in [-0.4, -0.2) is 12.5 Å². The fourth-order valence-corrected chi connectivity index (χ4v) is 1.54. The van der Waals surface area contributed by atoms with Gasteiger partial charge in [0.25, 0.3) is 0 Å². The van der Waals surface area contributed by atoms with Crippen molar-refractivity contribution in [3.05, 3.63) is 35.1 Å². The van der Waals surface area contributed by atoms with Gasteiger partial charge in [-0.2, -0.15) is 0 Å². The van der Waals surface area contributed by atoms with Crippen LogP contribution in [-0.2, 0) is 11.2 Å². The molecule has 0 atom stereocenters. The largest absolute Gasteiger partial charge is 0.356 e. The molecule has 0 aliphatic heterocycles. The Bertz CT molecular complexity index is 421. The van der Waals surface area contributed by atoms with Crippen LogP contribution in [0.4, 0.5) is 13.2 Å². The number of hydrogen-bond acceptors (Lipinski definition) is 1. The smallest absolute Gasteiger partial charge is 0.224 e. The van der Waals surface area contributed by atoms with Crippen LogP contribution in [0.5, 0.6) is 0 Å². The summed E-state index contributed by atoms with van der Waals surface area (Å²) in [5.41, 5.74) is -0.137. The Morgan fingerprint density at radius 1 is 1.17 bits per heavy atom. The molecule has 0 unspecified atom stereocenters. The van der Waals surface area contributed by atoms with Gasteiger partial charge in [-0.05, 0) is 12.5 Å². The van der Waals surface area contributed by atoms with Crippen molar-refractivity contribution < 1.29 is 18.0 Å². The fourth-order valence-electron chi connectivity index (χ4n) is 1.54. The van der Waals surface area contributed by atoms with E-state index in [1.807, 2.05) is 6.92 Å². The minimum Gasteiger partial charge on any atom is -0.356 e. The number of amides is 1. The van der Waals surface area contributed by atoms with Crippen molar-refractivity contribution in [1.29, 1.82) is 0 Å². The summed E-state index contributed by atoms with van der Waals surface area (Å²) in [7, 11) is 0. The third-order valence-corrected chi connectivity index (χ3v) is 2.57. The number of carbonyl (C=O) groups excluding carboxylic acids is 1. The third kappa shape index (κ3) is 4.05. The SMILES string of the molecule is CCCCCNC(=O)Cc1ccc(F)c(F)c1F. The van der Waals surface area contributed by atoms with Crippen LogP contribution in [0, 0.1) is 17.5 Å². The van der Waals surface area contributed by atoms with Gasteiger partial charge in [-0.3, -0.25) is 4.79 Å². The lowest BCUT2D eigenvalue weighted by atomic mass is 10.1. The van der Waals surface area contributed by atoms with Crippen molar-refractivity contribution in [2.75, 3.05) is 6.54 Å². The van der Waals surface area contributed by atoms with E-state index in [4.69, 9.17) is 0 Å². The molecule has 0 saturated carbocycles. The molecule has 1 rings (SSSR count). The maximum Gasteiger partial charge on any atom is 0.224 e. The molecular formula is C13H16F3NO. The number of rotatable bonds is 6. The first-order chi connectivity index (χ1) is 8.56. The number of unbranched alkanes of at least 4 members (excludes halogenated alkanes) is 2. The normalized spacial score (nSPS) is 10.4. The van der Waals surface area contributed by atoms with E-state index >= 15 is 0 Å². The Morgan fingerprint density at radius 3 is 2.56 bits per heavy atom. The zero-order valence-electron chi connectivity index (χ0n) is 10.2. The van der Waals surface area contributed by atoms with Crippen molar-refractivity contribution in [2.24, 2.45) is 0 Å². The molecule has 0 heterocycles. The first-order valence-corrected chi connectivity index (χ1v) is 5.95. The quantitative estimate of drug-likeness (QED) is 0.617. The summed E-state index contributed by atoms with van der Waals surface area (Å²) in [5, 5.41) is 2.61. The van der Waals surface area contributed by atoms with Crippen molar-refractivity contribution in [2.45, 2.75) is 32.6 Å². The molecule has 0 spiro atoms. The summed E-state index contributed by atoms with van der Waals surface area (Å²) in [6.45, 7) is 2.55. The summed E-state index contributed by atoms with van der Waals surface area (Å²) in [6, 6.07) is 1.90. The maximum absolute atomic E-state index is 13.3. The van der Waals surface area contributed by atoms with Crippen LogP contribution in [0.2, 0.25) is 0 Å². The van der Waals surface area contributed by atoms with Crippen LogP contribution in [0.15, 0.2) is 12.1 Å². The standard InChI is InChI=1S/C13H16F3NO/c1-2-3-4-7-17-11(18)8-9-5-6-10(14)13(16)12(9)15/h5-6H,2-4,7-8H2,1H3,(H,17,18). The molecule has 1 N–H and O–H groups in total. The van der Waals surface area contributed by atoms with Gasteiger partial charge in [0.1, 0.15) is 0 Å². The average molecular weight is 259 g/mol. The second kappa shape index (κ2) is 7.03. The predicted molar refractivity (Wildman–Crippen MR) is 62.6 cm³/mol. The van der Waals surface area contributed by atoms with Gasteiger partial charge in [-0.15, -0.1) is 0 Å². The zero-order chi connectivity index (χ0) is 13.5. The van der Waals surface area contributed by atoms with Gasteiger partial charge in [0.05, 0.1) is 6.42 Å². The van der Waals surface area contributed by atoms with Gasteiger partial charge < -0.3 is 5.32 Å². The molecule has 0 saturated heterocycles. The Kier molecular flexibility index (Phi) is 5.68. The molecule has 100 valence electrons. The molecular weight excluding hydrogens is 243 g/mol. The van der Waals surface area contributed by atoms with Crippen molar-refractivity contribution in [3.8, 4) is 0 Å².